The van der Waals surface area contributed by atoms with E-state index in [9.17, 15) is 18.3 Å². The lowest BCUT2D eigenvalue weighted by atomic mass is 10.1. The Labute approximate surface area is 166 Å². The molecule has 9 heteroatoms. The van der Waals surface area contributed by atoms with Crippen molar-refractivity contribution in [1.82, 2.24) is 19.3 Å². The number of aromatic amines is 1. The Morgan fingerprint density at radius 1 is 1.07 bits per heavy atom. The maximum Gasteiger partial charge on any atom is 0.338 e. The van der Waals surface area contributed by atoms with Crippen LogP contribution in [0.3, 0.4) is 0 Å². The molecule has 4 aromatic rings. The fourth-order valence-corrected chi connectivity index (χ4v) is 4.26. The Morgan fingerprint density at radius 3 is 2.48 bits per heavy atom. The molecule has 0 aliphatic rings. The Hall–Kier alpha value is -3.30. The van der Waals surface area contributed by atoms with E-state index in [1.165, 1.54) is 20.2 Å². The van der Waals surface area contributed by atoms with Crippen LogP contribution >= 0.6 is 0 Å². The molecular formula is C20H18N4O4S. The van der Waals surface area contributed by atoms with E-state index in [0.717, 1.165) is 9.87 Å². The van der Waals surface area contributed by atoms with Gasteiger partial charge in [0, 0.05) is 19.5 Å². The lowest BCUT2D eigenvalue weighted by molar-refractivity contribution is 0.0697. The van der Waals surface area contributed by atoms with Crippen LogP contribution in [0.1, 0.15) is 15.9 Å². The van der Waals surface area contributed by atoms with Gasteiger partial charge in [0.2, 0.25) is 10.0 Å². The van der Waals surface area contributed by atoms with Crippen LogP contribution in [0.25, 0.3) is 33.5 Å². The number of fused-ring (bicyclic) bond motifs is 2. The Balaban J connectivity index is 2.03. The molecule has 2 N–H and O–H groups in total. The fraction of sp³-hybridized carbons (Fsp3) is 0.150. The predicted molar refractivity (Wildman–Crippen MR) is 109 cm³/mol. The number of H-pyrrole nitrogens is 1. The zero-order chi connectivity index (χ0) is 20.9. The van der Waals surface area contributed by atoms with Crippen molar-refractivity contribution in [2.24, 2.45) is 0 Å². The van der Waals surface area contributed by atoms with Crippen LogP contribution in [0.2, 0.25) is 0 Å². The average Bonchev–Trinajstić information content (AvgIpc) is 3.11. The smallest absolute Gasteiger partial charge is 0.338 e. The first-order chi connectivity index (χ1) is 13.7. The van der Waals surface area contributed by atoms with E-state index in [2.05, 4.69) is 15.0 Å². The quantitative estimate of drug-likeness (QED) is 0.534. The molecule has 148 valence electrons. The molecule has 29 heavy (non-hydrogen) atoms. The number of aromatic nitrogens is 3. The number of hydrogen-bond acceptors (Lipinski definition) is 5. The van der Waals surface area contributed by atoms with Crippen LogP contribution in [0.4, 0.5) is 0 Å². The number of sulfonamides is 1. The van der Waals surface area contributed by atoms with E-state index in [-0.39, 0.29) is 27.5 Å². The number of imidazole rings is 1. The van der Waals surface area contributed by atoms with Gasteiger partial charge in [-0.25, -0.2) is 27.5 Å². The van der Waals surface area contributed by atoms with E-state index in [4.69, 9.17) is 0 Å². The highest BCUT2D eigenvalue weighted by Gasteiger charge is 2.24. The maximum atomic E-state index is 12.6. The molecule has 0 saturated carbocycles. The molecule has 0 radical (unpaired) electrons. The van der Waals surface area contributed by atoms with Gasteiger partial charge in [-0.05, 0) is 30.7 Å². The normalized spacial score (nSPS) is 12.1. The third-order valence-electron chi connectivity index (χ3n) is 4.74. The van der Waals surface area contributed by atoms with Gasteiger partial charge >= 0.3 is 5.97 Å². The Bertz CT molecular complexity index is 1390. The Kier molecular flexibility index (Phi) is 4.36. The van der Waals surface area contributed by atoms with E-state index in [1.54, 1.807) is 24.3 Å². The lowest BCUT2D eigenvalue weighted by Gasteiger charge is -2.11. The monoisotopic (exact) mass is 410 g/mol. The number of pyridine rings is 1. The van der Waals surface area contributed by atoms with Gasteiger partial charge in [0.15, 0.2) is 5.82 Å². The molecular weight excluding hydrogens is 392 g/mol. The molecule has 0 amide bonds. The van der Waals surface area contributed by atoms with Gasteiger partial charge < -0.3 is 10.1 Å². The molecule has 0 atom stereocenters. The van der Waals surface area contributed by atoms with Gasteiger partial charge in [0.1, 0.15) is 16.1 Å². The molecule has 0 aliphatic carbocycles. The molecule has 0 aliphatic heterocycles. The number of carboxylic acids is 1. The summed E-state index contributed by atoms with van der Waals surface area (Å²) >= 11 is 0. The van der Waals surface area contributed by atoms with E-state index < -0.39 is 16.0 Å². The first-order valence-corrected chi connectivity index (χ1v) is 10.2. The second-order valence-corrected chi connectivity index (χ2v) is 8.98. The van der Waals surface area contributed by atoms with Crippen LogP contribution in [-0.2, 0) is 10.0 Å². The number of carbonyl (C=O) groups is 1. The van der Waals surface area contributed by atoms with Gasteiger partial charge in [-0.1, -0.05) is 24.3 Å². The third-order valence-corrected chi connectivity index (χ3v) is 6.58. The van der Waals surface area contributed by atoms with Crippen LogP contribution in [0, 0.1) is 6.92 Å². The fourth-order valence-electron chi connectivity index (χ4n) is 3.21. The molecule has 2 heterocycles. The minimum absolute atomic E-state index is 0.0147. The highest BCUT2D eigenvalue weighted by molar-refractivity contribution is 7.89. The van der Waals surface area contributed by atoms with E-state index in [0.29, 0.717) is 16.4 Å². The molecule has 0 fully saturated rings. The summed E-state index contributed by atoms with van der Waals surface area (Å²) < 4.78 is 26.4. The van der Waals surface area contributed by atoms with Crippen LogP contribution in [0.15, 0.2) is 47.4 Å². The number of aryl methyl sites for hydroxylation is 1. The summed E-state index contributed by atoms with van der Waals surface area (Å²) in [7, 11) is -0.841. The van der Waals surface area contributed by atoms with Gasteiger partial charge in [-0.15, -0.1) is 0 Å². The standard InChI is InChI=1S/C20H18N4O4S/c1-11-6-4-7-12-10-13(20(25)26)17(22-16(11)12)19-21-14-8-5-9-15(18(14)23-19)29(27,28)24(2)3/h4-10H,1-3H3,(H,21,23)(H,25,26). The first kappa shape index (κ1) is 19.0. The number of carboxylic acid groups (broad SMARTS) is 1. The summed E-state index contributed by atoms with van der Waals surface area (Å²) in [6.45, 7) is 1.89. The van der Waals surface area contributed by atoms with Crippen LogP contribution in [-0.4, -0.2) is 52.8 Å². The van der Waals surface area contributed by atoms with Crippen LogP contribution < -0.4 is 0 Å². The molecule has 0 bridgehead atoms. The Morgan fingerprint density at radius 2 is 1.79 bits per heavy atom. The molecule has 0 unspecified atom stereocenters. The third kappa shape index (κ3) is 3.04. The summed E-state index contributed by atoms with van der Waals surface area (Å²) in [5.41, 5.74) is 2.41. The van der Waals surface area contributed by atoms with Crippen molar-refractivity contribution in [2.45, 2.75) is 11.8 Å². The highest BCUT2D eigenvalue weighted by atomic mass is 32.2. The number of hydrogen-bond donors (Lipinski definition) is 2. The number of aromatic carboxylic acids is 1. The molecule has 4 rings (SSSR count). The topological polar surface area (TPSA) is 116 Å². The second-order valence-electron chi connectivity index (χ2n) is 6.86. The number of benzene rings is 2. The number of para-hydroxylation sites is 2. The molecule has 8 nitrogen and oxygen atoms in total. The number of nitrogens with zero attached hydrogens (tertiary/aromatic N) is 3. The molecule has 0 saturated heterocycles. The van der Waals surface area contributed by atoms with Gasteiger partial charge in [-0.3, -0.25) is 0 Å². The summed E-state index contributed by atoms with van der Waals surface area (Å²) in [4.78, 5) is 23.9. The van der Waals surface area contributed by atoms with Gasteiger partial charge in [-0.2, -0.15) is 0 Å². The lowest BCUT2D eigenvalue weighted by Crippen LogP contribution is -2.22. The summed E-state index contributed by atoms with van der Waals surface area (Å²) in [6.07, 6.45) is 0. The first-order valence-electron chi connectivity index (χ1n) is 8.75. The SMILES string of the molecule is Cc1cccc2cc(C(=O)O)c(-c3nc4c(S(=O)(=O)N(C)C)cccc4[nH]3)nc12. The minimum atomic E-state index is -3.73. The van der Waals surface area contributed by atoms with Gasteiger partial charge in [0.05, 0.1) is 16.6 Å². The number of nitrogens with one attached hydrogen (secondary N) is 1. The zero-order valence-electron chi connectivity index (χ0n) is 16.0. The number of rotatable bonds is 4. The minimum Gasteiger partial charge on any atom is -0.478 e. The van der Waals surface area contributed by atoms with Crippen molar-refractivity contribution in [3.05, 3.63) is 53.6 Å². The van der Waals surface area contributed by atoms with Crippen molar-refractivity contribution in [2.75, 3.05) is 14.1 Å². The largest absolute Gasteiger partial charge is 0.478 e. The van der Waals surface area contributed by atoms with Crippen molar-refractivity contribution < 1.29 is 18.3 Å². The molecule has 0 spiro atoms. The highest BCUT2D eigenvalue weighted by Crippen LogP contribution is 2.30. The predicted octanol–water partition coefficient (Wildman–Crippen LogP) is 3.04. The van der Waals surface area contributed by atoms with E-state index in [1.807, 2.05) is 19.1 Å². The van der Waals surface area contributed by atoms with Crippen molar-refractivity contribution in [3.8, 4) is 11.5 Å². The van der Waals surface area contributed by atoms with Gasteiger partial charge in [0.25, 0.3) is 0 Å². The summed E-state index contributed by atoms with van der Waals surface area (Å²) in [5.74, 6) is -0.943. The van der Waals surface area contributed by atoms with Crippen molar-refractivity contribution in [3.63, 3.8) is 0 Å². The molecule has 2 aromatic heterocycles. The average molecular weight is 410 g/mol. The second kappa shape index (κ2) is 6.64. The van der Waals surface area contributed by atoms with Crippen molar-refractivity contribution in [1.29, 1.82) is 0 Å². The zero-order valence-corrected chi connectivity index (χ0v) is 16.8. The molecule has 2 aromatic carbocycles. The van der Waals surface area contributed by atoms with Crippen LogP contribution in [0.5, 0.6) is 0 Å². The van der Waals surface area contributed by atoms with E-state index >= 15 is 0 Å². The summed E-state index contributed by atoms with van der Waals surface area (Å²) in [6, 6.07) is 11.8. The van der Waals surface area contributed by atoms with Crippen molar-refractivity contribution >= 4 is 37.9 Å². The summed E-state index contributed by atoms with van der Waals surface area (Å²) in [5, 5.41) is 10.4. The maximum absolute atomic E-state index is 12.6.